The molecule has 2 aromatic heterocycles. The molecular formula is C32H27FN4O3. The molecule has 1 aliphatic rings. The van der Waals surface area contributed by atoms with E-state index in [-0.39, 0.29) is 11.7 Å². The van der Waals surface area contributed by atoms with Crippen LogP contribution >= 0.6 is 0 Å². The number of nitrogens with two attached hydrogens (primary N) is 1. The highest BCUT2D eigenvalue weighted by molar-refractivity contribution is 6.07. The second-order valence-corrected chi connectivity index (χ2v) is 10.4. The van der Waals surface area contributed by atoms with Crippen LogP contribution in [0.4, 0.5) is 4.39 Å². The number of fused-ring (bicyclic) bond motifs is 1. The smallest absolute Gasteiger partial charge is 0.252 e. The summed E-state index contributed by atoms with van der Waals surface area (Å²) in [5, 5.41) is 3.73. The molecule has 0 spiro atoms. The van der Waals surface area contributed by atoms with Gasteiger partial charge in [-0.2, -0.15) is 0 Å². The lowest BCUT2D eigenvalue weighted by Crippen LogP contribution is -2.36. The van der Waals surface area contributed by atoms with Gasteiger partial charge in [0.2, 0.25) is 0 Å². The lowest BCUT2D eigenvalue weighted by atomic mass is 9.95. The van der Waals surface area contributed by atoms with Gasteiger partial charge in [0.15, 0.2) is 5.82 Å². The number of hydrogen-bond donors (Lipinski definition) is 2. The summed E-state index contributed by atoms with van der Waals surface area (Å²) in [6, 6.07) is 19.0. The maximum atomic E-state index is 13.4. The largest absolute Gasteiger partial charge is 0.460 e. The molecule has 6 rings (SSSR count). The number of halogens is 1. The number of nitrogens with zero attached hydrogens (tertiary/aromatic N) is 2. The van der Waals surface area contributed by atoms with Crippen LogP contribution in [-0.2, 0) is 12.0 Å². The van der Waals surface area contributed by atoms with E-state index in [4.69, 9.17) is 10.2 Å². The first-order valence-corrected chi connectivity index (χ1v) is 13.1. The number of aromatic nitrogens is 2. The fraction of sp³-hybridized carbons (Fsp3) is 0.188. The Balaban J connectivity index is 1.33. The maximum absolute atomic E-state index is 13.4. The van der Waals surface area contributed by atoms with E-state index in [1.165, 1.54) is 12.1 Å². The zero-order chi connectivity index (χ0) is 28.0. The molecule has 1 aliphatic carbocycles. The number of aryl methyl sites for hydroxylation is 2. The summed E-state index contributed by atoms with van der Waals surface area (Å²) in [7, 11) is 0. The van der Waals surface area contributed by atoms with Crippen LogP contribution in [-0.4, -0.2) is 21.8 Å². The minimum atomic E-state index is -0.606. The first-order valence-electron chi connectivity index (χ1n) is 13.1. The van der Waals surface area contributed by atoms with Crippen molar-refractivity contribution in [3.8, 4) is 11.1 Å². The zero-order valence-electron chi connectivity index (χ0n) is 22.1. The van der Waals surface area contributed by atoms with E-state index in [0.717, 1.165) is 40.8 Å². The number of hydrogen-bond acceptors (Lipinski definition) is 5. The molecule has 3 N–H and O–H groups in total. The predicted octanol–water partition coefficient (Wildman–Crippen LogP) is 5.75. The topological polar surface area (TPSA) is 111 Å². The number of carbonyl (C=O) groups excluding carboxylic acids is 2. The Bertz CT molecular complexity index is 1790. The Morgan fingerprint density at radius 1 is 1.02 bits per heavy atom. The molecule has 3 aromatic carbocycles. The van der Waals surface area contributed by atoms with Crippen molar-refractivity contribution in [2.24, 2.45) is 5.73 Å². The third-order valence-corrected chi connectivity index (χ3v) is 7.42. The highest BCUT2D eigenvalue weighted by Crippen LogP contribution is 2.44. The molecule has 0 bridgehead atoms. The molecular weight excluding hydrogens is 507 g/mol. The molecule has 2 heterocycles. The standard InChI is InChI=1S/C32H27FN4O3/c1-18-3-6-22(30(39)37-32(12-13-32)31-35-14-11-19(2)36-31)17-24(18)21-7-10-26-25(16-21)28(29(34)38)27(40-26)15-20-4-8-23(33)9-5-20/h3-11,14,16-17H,12-13,15H2,1-2H3,(H2,34,38)(H,37,39). The van der Waals surface area contributed by atoms with E-state index in [1.807, 2.05) is 44.2 Å². The molecule has 1 fully saturated rings. The summed E-state index contributed by atoms with van der Waals surface area (Å²) in [5.74, 6) is -0.0907. The molecule has 0 aliphatic heterocycles. The van der Waals surface area contributed by atoms with Crippen LogP contribution in [0.25, 0.3) is 22.1 Å². The summed E-state index contributed by atoms with van der Waals surface area (Å²) in [4.78, 5) is 34.8. The average molecular weight is 535 g/mol. The number of nitrogens with one attached hydrogen (secondary N) is 1. The Morgan fingerprint density at radius 3 is 2.50 bits per heavy atom. The van der Waals surface area contributed by atoms with E-state index < -0.39 is 11.4 Å². The molecule has 5 aromatic rings. The summed E-state index contributed by atoms with van der Waals surface area (Å²) >= 11 is 0. The van der Waals surface area contributed by atoms with Crippen molar-refractivity contribution in [2.45, 2.75) is 38.6 Å². The Morgan fingerprint density at radius 2 is 1.80 bits per heavy atom. The van der Waals surface area contributed by atoms with E-state index in [1.54, 1.807) is 30.5 Å². The minimum absolute atomic E-state index is 0.201. The molecule has 7 nitrogen and oxygen atoms in total. The van der Waals surface area contributed by atoms with E-state index in [9.17, 15) is 14.0 Å². The number of primary amides is 1. The highest BCUT2D eigenvalue weighted by atomic mass is 19.1. The number of furan rings is 1. The molecule has 1 saturated carbocycles. The van der Waals surface area contributed by atoms with Gasteiger partial charge in [0.05, 0.1) is 5.56 Å². The third kappa shape index (κ3) is 4.73. The van der Waals surface area contributed by atoms with Gasteiger partial charge in [-0.3, -0.25) is 9.59 Å². The van der Waals surface area contributed by atoms with Crippen molar-refractivity contribution in [2.75, 3.05) is 0 Å². The van der Waals surface area contributed by atoms with Crippen molar-refractivity contribution in [3.05, 3.63) is 118 Å². The Labute approximate surface area is 230 Å². The summed E-state index contributed by atoms with van der Waals surface area (Å²) in [5.41, 5.74) is 10.9. The zero-order valence-corrected chi connectivity index (χ0v) is 22.1. The minimum Gasteiger partial charge on any atom is -0.460 e. The van der Waals surface area contributed by atoms with Crippen LogP contribution in [0.15, 0.2) is 77.3 Å². The molecule has 0 radical (unpaired) electrons. The number of benzene rings is 3. The van der Waals surface area contributed by atoms with Gasteiger partial charge in [-0.05, 0) is 91.4 Å². The van der Waals surface area contributed by atoms with Crippen LogP contribution in [0, 0.1) is 19.7 Å². The van der Waals surface area contributed by atoms with Crippen molar-refractivity contribution < 1.29 is 18.4 Å². The monoisotopic (exact) mass is 534 g/mol. The lowest BCUT2D eigenvalue weighted by molar-refractivity contribution is 0.0927. The number of carbonyl (C=O) groups is 2. The summed E-state index contributed by atoms with van der Waals surface area (Å²) < 4.78 is 19.4. The number of rotatable bonds is 7. The van der Waals surface area contributed by atoms with Crippen molar-refractivity contribution in [1.29, 1.82) is 0 Å². The first-order chi connectivity index (χ1) is 19.2. The second-order valence-electron chi connectivity index (χ2n) is 10.4. The maximum Gasteiger partial charge on any atom is 0.252 e. The van der Waals surface area contributed by atoms with Crippen LogP contribution in [0.2, 0.25) is 0 Å². The molecule has 8 heteroatoms. The molecule has 2 amide bonds. The molecule has 200 valence electrons. The van der Waals surface area contributed by atoms with Gasteiger partial charge in [0.1, 0.15) is 22.7 Å². The van der Waals surface area contributed by atoms with Gasteiger partial charge >= 0.3 is 0 Å². The van der Waals surface area contributed by atoms with E-state index in [0.29, 0.717) is 40.1 Å². The highest BCUT2D eigenvalue weighted by Gasteiger charge is 2.48. The van der Waals surface area contributed by atoms with Gasteiger partial charge < -0.3 is 15.5 Å². The van der Waals surface area contributed by atoms with E-state index in [2.05, 4.69) is 15.3 Å². The van der Waals surface area contributed by atoms with Gasteiger partial charge in [-0.15, -0.1) is 0 Å². The average Bonchev–Trinajstić information content (AvgIpc) is 3.62. The molecule has 0 saturated heterocycles. The normalized spacial score (nSPS) is 13.8. The molecule has 0 atom stereocenters. The third-order valence-electron chi connectivity index (χ3n) is 7.42. The SMILES string of the molecule is Cc1ccnc(C2(NC(=O)c3ccc(C)c(-c4ccc5oc(Cc6ccc(F)cc6)c(C(N)=O)c5c4)c3)CC2)n1. The first kappa shape index (κ1) is 25.4. The Kier molecular flexibility index (Phi) is 6.18. The van der Waals surface area contributed by atoms with Crippen molar-refractivity contribution in [3.63, 3.8) is 0 Å². The number of amides is 2. The Hall–Kier alpha value is -4.85. The summed E-state index contributed by atoms with van der Waals surface area (Å²) in [6.45, 7) is 3.87. The van der Waals surface area contributed by atoms with Gasteiger partial charge in [-0.1, -0.05) is 24.3 Å². The fourth-order valence-corrected chi connectivity index (χ4v) is 5.07. The quantitative estimate of drug-likeness (QED) is 0.276. The van der Waals surface area contributed by atoms with Crippen LogP contribution in [0.3, 0.4) is 0 Å². The van der Waals surface area contributed by atoms with Gasteiger partial charge in [0.25, 0.3) is 11.8 Å². The van der Waals surface area contributed by atoms with Gasteiger partial charge in [-0.25, -0.2) is 14.4 Å². The second kappa shape index (κ2) is 9.72. The molecule has 0 unspecified atom stereocenters. The lowest BCUT2D eigenvalue weighted by Gasteiger charge is -2.17. The predicted molar refractivity (Wildman–Crippen MR) is 149 cm³/mol. The van der Waals surface area contributed by atoms with Crippen LogP contribution in [0.1, 0.15) is 62.0 Å². The molecule has 40 heavy (non-hydrogen) atoms. The van der Waals surface area contributed by atoms with Crippen molar-refractivity contribution in [1.82, 2.24) is 15.3 Å². The summed E-state index contributed by atoms with van der Waals surface area (Å²) in [6.07, 6.45) is 3.58. The van der Waals surface area contributed by atoms with Crippen LogP contribution in [0.5, 0.6) is 0 Å². The van der Waals surface area contributed by atoms with E-state index >= 15 is 0 Å². The fourth-order valence-electron chi connectivity index (χ4n) is 5.07. The van der Waals surface area contributed by atoms with Crippen LogP contribution < -0.4 is 11.1 Å². The van der Waals surface area contributed by atoms with Crippen molar-refractivity contribution >= 4 is 22.8 Å². The van der Waals surface area contributed by atoms with Gasteiger partial charge in [0, 0.05) is 29.3 Å².